The predicted octanol–water partition coefficient (Wildman–Crippen LogP) is 2.39. The second-order valence-corrected chi connectivity index (χ2v) is 6.90. The fourth-order valence-electron chi connectivity index (χ4n) is 2.17. The van der Waals surface area contributed by atoms with Crippen LogP contribution in [0.3, 0.4) is 0 Å². The van der Waals surface area contributed by atoms with Gasteiger partial charge in [0.2, 0.25) is 17.7 Å². The van der Waals surface area contributed by atoms with Gasteiger partial charge in [-0.15, -0.1) is 11.3 Å². The molecule has 2 rings (SSSR count). The summed E-state index contributed by atoms with van der Waals surface area (Å²) in [6.45, 7) is 1.48. The molecular weight excluding hydrogens is 364 g/mol. The molecule has 0 aliphatic carbocycles. The van der Waals surface area contributed by atoms with Crippen LogP contribution in [0.15, 0.2) is 41.8 Å². The smallest absolute Gasteiger partial charge is 0.246 e. The van der Waals surface area contributed by atoms with Crippen LogP contribution in [0.1, 0.15) is 12.6 Å². The van der Waals surface area contributed by atoms with Crippen molar-refractivity contribution in [2.45, 2.75) is 6.92 Å². The number of amides is 3. The Hall–Kier alpha value is -3.00. The zero-order valence-electron chi connectivity index (χ0n) is 15.7. The lowest BCUT2D eigenvalue weighted by atomic mass is 10.3. The molecule has 0 saturated carbocycles. The summed E-state index contributed by atoms with van der Waals surface area (Å²) in [5.74, 6) is -0.606. The van der Waals surface area contributed by atoms with Crippen LogP contribution in [0.2, 0.25) is 0 Å². The Kier molecular flexibility index (Phi) is 6.84. The molecule has 0 saturated heterocycles. The SMILES string of the molecule is CC(=O)N(c1ccccc1)c1nc(/C=C/C(=O)N(C)CC(=O)N(C)C)cs1. The van der Waals surface area contributed by atoms with Crippen molar-refractivity contribution < 1.29 is 14.4 Å². The van der Waals surface area contributed by atoms with Gasteiger partial charge in [-0.2, -0.15) is 0 Å². The Morgan fingerprint density at radius 2 is 1.78 bits per heavy atom. The number of carbonyl (C=O) groups excluding carboxylic acids is 3. The number of rotatable bonds is 6. The third-order valence-electron chi connectivity index (χ3n) is 3.67. The molecule has 0 aliphatic heterocycles. The van der Waals surface area contributed by atoms with Gasteiger partial charge in [-0.3, -0.25) is 19.3 Å². The van der Waals surface area contributed by atoms with Gasteiger partial charge in [-0.25, -0.2) is 4.98 Å². The fourth-order valence-corrected chi connectivity index (χ4v) is 3.02. The number of hydrogen-bond donors (Lipinski definition) is 0. The molecule has 2 aromatic rings. The molecule has 0 aliphatic rings. The number of nitrogens with zero attached hydrogens (tertiary/aromatic N) is 4. The highest BCUT2D eigenvalue weighted by Gasteiger charge is 2.17. The monoisotopic (exact) mass is 386 g/mol. The first kappa shape index (κ1) is 20.3. The maximum atomic E-state index is 12.1. The van der Waals surface area contributed by atoms with E-state index in [0.717, 1.165) is 5.69 Å². The Balaban J connectivity index is 2.10. The van der Waals surface area contributed by atoms with E-state index in [0.29, 0.717) is 10.8 Å². The minimum Gasteiger partial charge on any atom is -0.347 e. The zero-order chi connectivity index (χ0) is 20.0. The lowest BCUT2D eigenvalue weighted by Gasteiger charge is -2.17. The Bertz CT molecular complexity index is 846. The van der Waals surface area contributed by atoms with Crippen LogP contribution >= 0.6 is 11.3 Å². The molecule has 0 bridgehead atoms. The first-order valence-electron chi connectivity index (χ1n) is 8.24. The standard InChI is InChI=1S/C19H22N4O3S/c1-14(24)23(16-8-6-5-7-9-16)19-20-15(13-27-19)10-11-17(25)22(4)12-18(26)21(2)3/h5-11,13H,12H2,1-4H3/b11-10+. The predicted molar refractivity (Wildman–Crippen MR) is 107 cm³/mol. The number of thiazole rings is 1. The van der Waals surface area contributed by atoms with E-state index in [4.69, 9.17) is 0 Å². The molecule has 7 nitrogen and oxygen atoms in total. The van der Waals surface area contributed by atoms with Crippen LogP contribution in [-0.4, -0.2) is 60.2 Å². The minimum absolute atomic E-state index is 0.00457. The van der Waals surface area contributed by atoms with Crippen molar-refractivity contribution in [3.8, 4) is 0 Å². The first-order valence-corrected chi connectivity index (χ1v) is 9.12. The van der Waals surface area contributed by atoms with E-state index in [-0.39, 0.29) is 24.3 Å². The molecule has 27 heavy (non-hydrogen) atoms. The van der Waals surface area contributed by atoms with Gasteiger partial charge < -0.3 is 9.80 Å². The molecule has 0 unspecified atom stereocenters. The highest BCUT2D eigenvalue weighted by Crippen LogP contribution is 2.28. The van der Waals surface area contributed by atoms with Crippen LogP contribution in [-0.2, 0) is 14.4 Å². The maximum Gasteiger partial charge on any atom is 0.246 e. The highest BCUT2D eigenvalue weighted by atomic mass is 32.1. The number of likely N-dealkylation sites (N-methyl/N-ethyl adjacent to an activating group) is 2. The fraction of sp³-hybridized carbons (Fsp3) is 0.263. The Labute approximate surface area is 162 Å². The largest absolute Gasteiger partial charge is 0.347 e. The molecule has 3 amide bonds. The van der Waals surface area contributed by atoms with Gasteiger partial charge in [0.25, 0.3) is 0 Å². The summed E-state index contributed by atoms with van der Waals surface area (Å²) in [6, 6.07) is 9.24. The summed E-state index contributed by atoms with van der Waals surface area (Å²) in [7, 11) is 4.84. The topological polar surface area (TPSA) is 73.8 Å². The van der Waals surface area contributed by atoms with Crippen LogP contribution in [0.4, 0.5) is 10.8 Å². The van der Waals surface area contributed by atoms with Gasteiger partial charge in [0.1, 0.15) is 0 Å². The van der Waals surface area contributed by atoms with Crippen molar-refractivity contribution in [2.24, 2.45) is 0 Å². The molecular formula is C19H22N4O3S. The van der Waals surface area contributed by atoms with E-state index in [2.05, 4.69) is 4.98 Å². The first-order chi connectivity index (χ1) is 12.8. The highest BCUT2D eigenvalue weighted by molar-refractivity contribution is 7.14. The summed E-state index contributed by atoms with van der Waals surface area (Å²) in [5.41, 5.74) is 1.30. The third-order valence-corrected chi connectivity index (χ3v) is 4.52. The number of hydrogen-bond acceptors (Lipinski definition) is 5. The molecule has 1 heterocycles. The van der Waals surface area contributed by atoms with Gasteiger partial charge >= 0.3 is 0 Å². The molecule has 8 heteroatoms. The van der Waals surface area contributed by atoms with Gasteiger partial charge in [0.05, 0.1) is 17.9 Å². The molecule has 0 radical (unpaired) electrons. The second-order valence-electron chi connectivity index (χ2n) is 6.06. The number of para-hydroxylation sites is 1. The van der Waals surface area contributed by atoms with E-state index < -0.39 is 0 Å². The normalized spacial score (nSPS) is 10.7. The van der Waals surface area contributed by atoms with Gasteiger partial charge in [-0.05, 0) is 18.2 Å². The average molecular weight is 386 g/mol. The van der Waals surface area contributed by atoms with E-state index in [1.807, 2.05) is 30.3 Å². The molecule has 0 fully saturated rings. The molecule has 0 spiro atoms. The Morgan fingerprint density at radius 1 is 1.11 bits per heavy atom. The van der Waals surface area contributed by atoms with Crippen molar-refractivity contribution in [3.63, 3.8) is 0 Å². The lowest BCUT2D eigenvalue weighted by molar-refractivity contribution is -0.135. The number of aromatic nitrogens is 1. The summed E-state index contributed by atoms with van der Waals surface area (Å²) in [4.78, 5) is 44.5. The van der Waals surface area contributed by atoms with Crippen molar-refractivity contribution in [2.75, 3.05) is 32.6 Å². The number of carbonyl (C=O) groups is 3. The maximum absolute atomic E-state index is 12.1. The average Bonchev–Trinajstić information content (AvgIpc) is 3.08. The van der Waals surface area contributed by atoms with Crippen LogP contribution in [0.25, 0.3) is 6.08 Å². The molecule has 1 aromatic carbocycles. The van der Waals surface area contributed by atoms with Gasteiger partial charge in [0.15, 0.2) is 5.13 Å². The summed E-state index contributed by atoms with van der Waals surface area (Å²) >= 11 is 1.31. The summed E-state index contributed by atoms with van der Waals surface area (Å²) in [5, 5.41) is 2.29. The van der Waals surface area contributed by atoms with Crippen LogP contribution in [0.5, 0.6) is 0 Å². The number of anilines is 2. The summed E-state index contributed by atoms with van der Waals surface area (Å²) in [6.07, 6.45) is 2.94. The van der Waals surface area contributed by atoms with Crippen molar-refractivity contribution >= 4 is 46.0 Å². The van der Waals surface area contributed by atoms with E-state index >= 15 is 0 Å². The quantitative estimate of drug-likeness (QED) is 0.715. The Morgan fingerprint density at radius 3 is 2.37 bits per heavy atom. The van der Waals surface area contributed by atoms with Crippen molar-refractivity contribution in [1.82, 2.24) is 14.8 Å². The molecule has 142 valence electrons. The van der Waals surface area contributed by atoms with E-state index in [9.17, 15) is 14.4 Å². The minimum atomic E-state index is -0.300. The van der Waals surface area contributed by atoms with Gasteiger partial charge in [0, 0.05) is 39.5 Å². The molecule has 1 aromatic heterocycles. The third kappa shape index (κ3) is 5.49. The van der Waals surface area contributed by atoms with Crippen LogP contribution in [0, 0.1) is 0 Å². The van der Waals surface area contributed by atoms with E-state index in [1.165, 1.54) is 39.0 Å². The molecule has 0 N–H and O–H groups in total. The van der Waals surface area contributed by atoms with Crippen LogP contribution < -0.4 is 4.90 Å². The molecule has 0 atom stereocenters. The zero-order valence-corrected chi connectivity index (χ0v) is 16.6. The lowest BCUT2D eigenvalue weighted by Crippen LogP contribution is -2.36. The van der Waals surface area contributed by atoms with E-state index in [1.54, 1.807) is 32.6 Å². The van der Waals surface area contributed by atoms with Gasteiger partial charge in [-0.1, -0.05) is 18.2 Å². The summed E-state index contributed by atoms with van der Waals surface area (Å²) < 4.78 is 0. The second kappa shape index (κ2) is 9.09. The van der Waals surface area contributed by atoms with Crippen molar-refractivity contribution in [1.29, 1.82) is 0 Å². The number of benzene rings is 1. The van der Waals surface area contributed by atoms with Crippen molar-refractivity contribution in [3.05, 3.63) is 47.5 Å².